The number of phenolic OH excluding ortho intramolecular Hbond substituents is 1. The molecule has 0 bridgehead atoms. The van der Waals surface area contributed by atoms with Gasteiger partial charge in [-0.05, 0) is 35.4 Å². The van der Waals surface area contributed by atoms with Crippen molar-refractivity contribution in [3.8, 4) is 17.0 Å². The molecule has 0 saturated carbocycles. The van der Waals surface area contributed by atoms with E-state index in [1.165, 1.54) is 0 Å². The fourth-order valence-corrected chi connectivity index (χ4v) is 2.38. The van der Waals surface area contributed by atoms with Gasteiger partial charge in [0.1, 0.15) is 5.75 Å². The minimum Gasteiger partial charge on any atom is -0.508 e. The number of anilines is 1. The van der Waals surface area contributed by atoms with Crippen molar-refractivity contribution in [2.24, 2.45) is 7.05 Å². The molecular weight excluding hydrogens is 298 g/mol. The summed E-state index contributed by atoms with van der Waals surface area (Å²) in [5.74, 6) is 1.06. The number of hydrogen-bond donors (Lipinski definition) is 2. The zero-order chi connectivity index (χ0) is 15.5. The van der Waals surface area contributed by atoms with Crippen LogP contribution in [0, 0.1) is 0 Å². The van der Waals surface area contributed by atoms with Gasteiger partial charge in [0.05, 0.1) is 11.9 Å². The number of nitrogens with zero attached hydrogens (tertiary/aromatic N) is 2. The second-order valence-electron chi connectivity index (χ2n) is 5.05. The van der Waals surface area contributed by atoms with Crippen LogP contribution >= 0.6 is 11.6 Å². The molecule has 0 fully saturated rings. The molecule has 112 valence electrons. The summed E-state index contributed by atoms with van der Waals surface area (Å²) < 4.78 is 2.00. The molecule has 0 radical (unpaired) electrons. The van der Waals surface area contributed by atoms with Gasteiger partial charge in [0.25, 0.3) is 0 Å². The molecule has 0 atom stereocenters. The molecule has 1 heterocycles. The van der Waals surface area contributed by atoms with E-state index in [1.807, 2.05) is 54.2 Å². The Hall–Kier alpha value is -2.46. The fraction of sp³-hybridized carbons (Fsp3) is 0.118. The summed E-state index contributed by atoms with van der Waals surface area (Å²) in [6, 6.07) is 14.8. The second-order valence-corrected chi connectivity index (χ2v) is 5.49. The van der Waals surface area contributed by atoms with E-state index >= 15 is 0 Å². The van der Waals surface area contributed by atoms with Crippen LogP contribution in [0.1, 0.15) is 5.56 Å². The standard InChI is InChI=1S/C17H16ClN3O/c1-21-16(13-4-6-14(18)7-5-13)11-20-17(21)19-10-12-2-8-15(22)9-3-12/h2-9,11,22H,10H2,1H3,(H,19,20). The van der Waals surface area contributed by atoms with Gasteiger partial charge in [-0.3, -0.25) is 0 Å². The molecule has 2 N–H and O–H groups in total. The molecule has 0 amide bonds. The first kappa shape index (κ1) is 14.5. The van der Waals surface area contributed by atoms with E-state index in [-0.39, 0.29) is 5.75 Å². The van der Waals surface area contributed by atoms with Crippen molar-refractivity contribution in [3.63, 3.8) is 0 Å². The molecule has 0 aliphatic carbocycles. The monoisotopic (exact) mass is 313 g/mol. The number of benzene rings is 2. The molecule has 0 unspecified atom stereocenters. The van der Waals surface area contributed by atoms with Crippen molar-refractivity contribution in [3.05, 3.63) is 65.3 Å². The first-order chi connectivity index (χ1) is 10.6. The number of halogens is 1. The largest absolute Gasteiger partial charge is 0.508 e. The molecule has 2 aromatic carbocycles. The molecule has 0 aliphatic rings. The molecule has 4 nitrogen and oxygen atoms in total. The van der Waals surface area contributed by atoms with Crippen molar-refractivity contribution in [2.45, 2.75) is 6.54 Å². The first-order valence-corrected chi connectivity index (χ1v) is 7.31. The third kappa shape index (κ3) is 3.07. The van der Waals surface area contributed by atoms with Crippen molar-refractivity contribution in [1.29, 1.82) is 0 Å². The second kappa shape index (κ2) is 6.12. The lowest BCUT2D eigenvalue weighted by Crippen LogP contribution is -2.05. The van der Waals surface area contributed by atoms with Crippen LogP contribution in [0.15, 0.2) is 54.7 Å². The van der Waals surface area contributed by atoms with Crippen molar-refractivity contribution < 1.29 is 5.11 Å². The number of aromatic nitrogens is 2. The molecule has 0 aliphatic heterocycles. The number of nitrogens with one attached hydrogen (secondary N) is 1. The molecule has 3 aromatic rings. The van der Waals surface area contributed by atoms with Crippen LogP contribution in [0.2, 0.25) is 5.02 Å². The molecule has 0 saturated heterocycles. The van der Waals surface area contributed by atoms with Crippen LogP contribution in [0.3, 0.4) is 0 Å². The lowest BCUT2D eigenvalue weighted by atomic mass is 10.2. The Morgan fingerprint density at radius 3 is 2.45 bits per heavy atom. The molecule has 0 spiro atoms. The van der Waals surface area contributed by atoms with Gasteiger partial charge in [0.15, 0.2) is 0 Å². The molecular formula is C17H16ClN3O. The number of rotatable bonds is 4. The Bertz CT molecular complexity index is 764. The normalized spacial score (nSPS) is 10.6. The highest BCUT2D eigenvalue weighted by Crippen LogP contribution is 2.23. The molecule has 22 heavy (non-hydrogen) atoms. The number of aromatic hydroxyl groups is 1. The topological polar surface area (TPSA) is 50.1 Å². The average Bonchev–Trinajstić information content (AvgIpc) is 2.89. The van der Waals surface area contributed by atoms with Crippen LogP contribution in [0.4, 0.5) is 5.95 Å². The molecule has 3 rings (SSSR count). The van der Waals surface area contributed by atoms with Gasteiger partial charge in [-0.2, -0.15) is 0 Å². The third-order valence-corrected chi connectivity index (χ3v) is 3.77. The minimum atomic E-state index is 0.269. The van der Waals surface area contributed by atoms with Gasteiger partial charge >= 0.3 is 0 Å². The van der Waals surface area contributed by atoms with Crippen LogP contribution < -0.4 is 5.32 Å². The maximum Gasteiger partial charge on any atom is 0.203 e. The van der Waals surface area contributed by atoms with E-state index in [0.717, 1.165) is 27.8 Å². The summed E-state index contributed by atoms with van der Waals surface area (Å²) in [6.45, 7) is 0.644. The van der Waals surface area contributed by atoms with Crippen molar-refractivity contribution in [2.75, 3.05) is 5.32 Å². The van der Waals surface area contributed by atoms with Gasteiger partial charge in [-0.1, -0.05) is 35.9 Å². The highest BCUT2D eigenvalue weighted by atomic mass is 35.5. The number of imidazole rings is 1. The smallest absolute Gasteiger partial charge is 0.203 e. The summed E-state index contributed by atoms with van der Waals surface area (Å²) in [4.78, 5) is 4.42. The van der Waals surface area contributed by atoms with Gasteiger partial charge in [0.2, 0.25) is 5.95 Å². The summed E-state index contributed by atoms with van der Waals surface area (Å²) in [6.07, 6.45) is 1.84. The lowest BCUT2D eigenvalue weighted by Gasteiger charge is -2.08. The molecule has 5 heteroatoms. The number of hydrogen-bond acceptors (Lipinski definition) is 3. The number of phenols is 1. The SMILES string of the molecule is Cn1c(-c2ccc(Cl)cc2)cnc1NCc1ccc(O)cc1. The van der Waals surface area contributed by atoms with Gasteiger partial charge < -0.3 is 15.0 Å². The average molecular weight is 314 g/mol. The quantitative estimate of drug-likeness (QED) is 0.763. The van der Waals surface area contributed by atoms with Crippen molar-refractivity contribution >= 4 is 17.5 Å². The zero-order valence-corrected chi connectivity index (χ0v) is 12.9. The minimum absolute atomic E-state index is 0.269. The lowest BCUT2D eigenvalue weighted by molar-refractivity contribution is 0.475. The van der Waals surface area contributed by atoms with E-state index < -0.39 is 0 Å². The van der Waals surface area contributed by atoms with Crippen LogP contribution in [-0.2, 0) is 13.6 Å². The first-order valence-electron chi connectivity index (χ1n) is 6.93. The van der Waals surface area contributed by atoms with Crippen LogP contribution in [-0.4, -0.2) is 14.7 Å². The third-order valence-electron chi connectivity index (χ3n) is 3.52. The van der Waals surface area contributed by atoms with Crippen molar-refractivity contribution in [1.82, 2.24) is 9.55 Å². The van der Waals surface area contributed by atoms with Crippen LogP contribution in [0.5, 0.6) is 5.75 Å². The van der Waals surface area contributed by atoms with E-state index in [2.05, 4.69) is 10.3 Å². The fourth-order valence-electron chi connectivity index (χ4n) is 2.26. The van der Waals surface area contributed by atoms with Gasteiger partial charge in [-0.15, -0.1) is 0 Å². The summed E-state index contributed by atoms with van der Waals surface area (Å²) in [7, 11) is 1.97. The predicted molar refractivity (Wildman–Crippen MR) is 89.1 cm³/mol. The van der Waals surface area contributed by atoms with E-state index in [1.54, 1.807) is 12.1 Å². The van der Waals surface area contributed by atoms with E-state index in [0.29, 0.717) is 6.54 Å². The maximum absolute atomic E-state index is 9.29. The summed E-state index contributed by atoms with van der Waals surface area (Å²) >= 11 is 5.92. The highest BCUT2D eigenvalue weighted by Gasteiger charge is 2.08. The Morgan fingerprint density at radius 2 is 1.77 bits per heavy atom. The molecule has 1 aromatic heterocycles. The Morgan fingerprint density at radius 1 is 1.09 bits per heavy atom. The Balaban J connectivity index is 1.75. The predicted octanol–water partition coefficient (Wildman–Crippen LogP) is 4.06. The Kier molecular flexibility index (Phi) is 4.02. The van der Waals surface area contributed by atoms with E-state index in [9.17, 15) is 5.11 Å². The van der Waals surface area contributed by atoms with E-state index in [4.69, 9.17) is 11.6 Å². The highest BCUT2D eigenvalue weighted by molar-refractivity contribution is 6.30. The van der Waals surface area contributed by atoms with Crippen LogP contribution in [0.25, 0.3) is 11.3 Å². The zero-order valence-electron chi connectivity index (χ0n) is 12.1. The Labute approximate surface area is 134 Å². The summed E-state index contributed by atoms with van der Waals surface area (Å²) in [5, 5.41) is 13.3. The van der Waals surface area contributed by atoms with Gasteiger partial charge in [0, 0.05) is 18.6 Å². The van der Waals surface area contributed by atoms with Gasteiger partial charge in [-0.25, -0.2) is 4.98 Å². The summed E-state index contributed by atoms with van der Waals surface area (Å²) in [5.41, 5.74) is 3.16. The maximum atomic E-state index is 9.29.